The molecule has 3 aromatic rings. The van der Waals surface area contributed by atoms with Crippen LogP contribution in [0.2, 0.25) is 5.02 Å². The monoisotopic (exact) mass is 468 g/mol. The van der Waals surface area contributed by atoms with Gasteiger partial charge in [0, 0.05) is 22.9 Å². The van der Waals surface area contributed by atoms with Gasteiger partial charge >= 0.3 is 5.97 Å². The van der Waals surface area contributed by atoms with Gasteiger partial charge in [-0.15, -0.1) is 0 Å². The Morgan fingerprint density at radius 2 is 1.67 bits per heavy atom. The van der Waals surface area contributed by atoms with Crippen LogP contribution in [0.3, 0.4) is 0 Å². The van der Waals surface area contributed by atoms with E-state index in [9.17, 15) is 4.79 Å². The van der Waals surface area contributed by atoms with E-state index in [-0.39, 0.29) is 12.5 Å². The maximum absolute atomic E-state index is 11.1. The van der Waals surface area contributed by atoms with Crippen molar-refractivity contribution in [2.24, 2.45) is 0 Å². The second-order valence-corrected chi connectivity index (χ2v) is 8.99. The summed E-state index contributed by atoms with van der Waals surface area (Å²) >= 11 is 6.15. The number of carboxylic acid groups (broad SMARTS) is 1. The Balaban J connectivity index is 1.54. The molecule has 0 saturated carbocycles. The summed E-state index contributed by atoms with van der Waals surface area (Å²) in [6, 6.07) is 22.4. The summed E-state index contributed by atoms with van der Waals surface area (Å²) in [6.45, 7) is 6.29. The second-order valence-electron chi connectivity index (χ2n) is 8.55. The van der Waals surface area contributed by atoms with Crippen molar-refractivity contribution < 1.29 is 24.1 Å². The molecule has 3 aromatic carbocycles. The molecule has 5 nitrogen and oxygen atoms in total. The smallest absolute Gasteiger partial charge is 0.304 e. The third-order valence-corrected chi connectivity index (χ3v) is 5.46. The quantitative estimate of drug-likeness (QED) is 0.324. The van der Waals surface area contributed by atoms with Crippen LogP contribution in [0.25, 0.3) is 0 Å². The lowest BCUT2D eigenvalue weighted by atomic mass is 9.82. The fraction of sp³-hybridized carbons (Fsp3) is 0.296. The first kappa shape index (κ1) is 24.5. The Morgan fingerprint density at radius 1 is 0.970 bits per heavy atom. The van der Waals surface area contributed by atoms with Crippen molar-refractivity contribution >= 4 is 17.6 Å². The number of halogens is 1. The Morgan fingerprint density at radius 3 is 2.33 bits per heavy atom. The van der Waals surface area contributed by atoms with Crippen LogP contribution in [-0.4, -0.2) is 23.8 Å². The van der Waals surface area contributed by atoms with Gasteiger partial charge in [0.1, 0.15) is 11.5 Å². The molecule has 0 aromatic heterocycles. The SMILES string of the molecule is CC(CCOc1ccc(C(C)(C)CC(=O)O)cc1)Oc1ccc(Cl)cc1Oc1ccccc1. The van der Waals surface area contributed by atoms with Crippen molar-refractivity contribution in [3.8, 4) is 23.0 Å². The van der Waals surface area contributed by atoms with Crippen molar-refractivity contribution in [3.05, 3.63) is 83.4 Å². The third kappa shape index (κ3) is 7.43. The minimum Gasteiger partial charge on any atom is -0.493 e. The van der Waals surface area contributed by atoms with Crippen LogP contribution in [-0.2, 0) is 10.2 Å². The number of carbonyl (C=O) groups is 1. The average Bonchev–Trinajstić information content (AvgIpc) is 2.76. The molecule has 1 N–H and O–H groups in total. The van der Waals surface area contributed by atoms with Crippen LogP contribution < -0.4 is 14.2 Å². The highest BCUT2D eigenvalue weighted by Gasteiger charge is 2.24. The summed E-state index contributed by atoms with van der Waals surface area (Å²) in [5, 5.41) is 9.66. The summed E-state index contributed by atoms with van der Waals surface area (Å²) in [6.07, 6.45) is 0.626. The van der Waals surface area contributed by atoms with E-state index in [1.54, 1.807) is 18.2 Å². The highest BCUT2D eigenvalue weighted by atomic mass is 35.5. The number of hydrogen-bond acceptors (Lipinski definition) is 4. The fourth-order valence-corrected chi connectivity index (χ4v) is 3.54. The number of ether oxygens (including phenoxy) is 3. The molecule has 0 bridgehead atoms. The summed E-state index contributed by atoms with van der Waals surface area (Å²) in [7, 11) is 0. The first-order valence-electron chi connectivity index (χ1n) is 10.9. The first-order valence-corrected chi connectivity index (χ1v) is 11.2. The lowest BCUT2D eigenvalue weighted by Crippen LogP contribution is -2.21. The van der Waals surface area contributed by atoms with Gasteiger partial charge < -0.3 is 19.3 Å². The molecular formula is C27H29ClO5. The maximum Gasteiger partial charge on any atom is 0.304 e. The lowest BCUT2D eigenvalue weighted by molar-refractivity contribution is -0.138. The second kappa shape index (κ2) is 11.1. The van der Waals surface area contributed by atoms with Gasteiger partial charge in [0.2, 0.25) is 0 Å². The van der Waals surface area contributed by atoms with Crippen LogP contribution in [0.1, 0.15) is 39.2 Å². The average molecular weight is 469 g/mol. The molecule has 33 heavy (non-hydrogen) atoms. The highest BCUT2D eigenvalue weighted by Crippen LogP contribution is 2.35. The van der Waals surface area contributed by atoms with Crippen LogP contribution in [0.5, 0.6) is 23.0 Å². The van der Waals surface area contributed by atoms with E-state index in [2.05, 4.69) is 0 Å². The number of carboxylic acids is 1. The van der Waals surface area contributed by atoms with Crippen LogP contribution in [0.15, 0.2) is 72.8 Å². The zero-order valence-corrected chi connectivity index (χ0v) is 19.8. The molecule has 174 valence electrons. The minimum absolute atomic E-state index is 0.0722. The molecule has 0 aliphatic rings. The minimum atomic E-state index is -0.813. The normalized spacial score (nSPS) is 12.1. The predicted octanol–water partition coefficient (Wildman–Crippen LogP) is 7.12. The van der Waals surface area contributed by atoms with Gasteiger partial charge in [-0.2, -0.15) is 0 Å². The van der Waals surface area contributed by atoms with Crippen molar-refractivity contribution in [3.63, 3.8) is 0 Å². The van der Waals surface area contributed by atoms with Crippen molar-refractivity contribution in [2.75, 3.05) is 6.61 Å². The Labute approximate surface area is 199 Å². The van der Waals surface area contributed by atoms with Crippen molar-refractivity contribution in [1.82, 2.24) is 0 Å². The number of para-hydroxylation sites is 1. The van der Waals surface area contributed by atoms with Crippen LogP contribution in [0, 0.1) is 0 Å². The van der Waals surface area contributed by atoms with E-state index < -0.39 is 11.4 Å². The maximum atomic E-state index is 11.1. The molecule has 1 unspecified atom stereocenters. The van der Waals surface area contributed by atoms with Crippen LogP contribution >= 0.6 is 11.6 Å². The molecule has 0 aliphatic heterocycles. The molecule has 0 fully saturated rings. The van der Waals surface area contributed by atoms with Crippen molar-refractivity contribution in [2.45, 2.75) is 45.1 Å². The van der Waals surface area contributed by atoms with Gasteiger partial charge in [0.25, 0.3) is 0 Å². The lowest BCUT2D eigenvalue weighted by Gasteiger charge is -2.23. The standard InChI is InChI=1S/C27H29ClO5/c1-19(15-16-31-22-12-9-20(10-13-22)27(2,3)18-26(29)30)32-24-14-11-21(28)17-25(24)33-23-7-5-4-6-8-23/h4-14,17,19H,15-16,18H2,1-3H3,(H,29,30). The summed E-state index contributed by atoms with van der Waals surface area (Å²) in [4.78, 5) is 11.1. The molecule has 0 heterocycles. The van der Waals surface area contributed by atoms with E-state index in [1.165, 1.54) is 0 Å². The summed E-state index contributed by atoms with van der Waals surface area (Å²) in [5.41, 5.74) is 0.521. The van der Waals surface area contributed by atoms with E-state index in [0.717, 1.165) is 11.3 Å². The Bertz CT molecular complexity index is 1050. The van der Waals surface area contributed by atoms with Gasteiger partial charge in [-0.05, 0) is 48.9 Å². The van der Waals surface area contributed by atoms with E-state index in [4.69, 9.17) is 30.9 Å². The molecular weight excluding hydrogens is 440 g/mol. The zero-order chi connectivity index (χ0) is 23.8. The van der Waals surface area contributed by atoms with Crippen LogP contribution in [0.4, 0.5) is 0 Å². The van der Waals surface area contributed by atoms with Gasteiger partial charge in [0.15, 0.2) is 11.5 Å². The Kier molecular flexibility index (Phi) is 8.23. The van der Waals surface area contributed by atoms with E-state index in [0.29, 0.717) is 35.3 Å². The summed E-state index contributed by atoms with van der Waals surface area (Å²) in [5.74, 6) is 1.79. The van der Waals surface area contributed by atoms with Gasteiger partial charge in [-0.3, -0.25) is 4.79 Å². The first-order chi connectivity index (χ1) is 15.7. The van der Waals surface area contributed by atoms with Gasteiger partial charge in [-0.25, -0.2) is 0 Å². The largest absolute Gasteiger partial charge is 0.493 e. The summed E-state index contributed by atoms with van der Waals surface area (Å²) < 4.78 is 17.9. The highest BCUT2D eigenvalue weighted by molar-refractivity contribution is 6.30. The number of aliphatic carboxylic acids is 1. The molecule has 0 radical (unpaired) electrons. The van der Waals surface area contributed by atoms with E-state index >= 15 is 0 Å². The fourth-order valence-electron chi connectivity index (χ4n) is 3.38. The molecule has 0 spiro atoms. The molecule has 0 saturated heterocycles. The zero-order valence-electron chi connectivity index (χ0n) is 19.1. The molecule has 1 atom stereocenters. The van der Waals surface area contributed by atoms with Gasteiger partial charge in [0.05, 0.1) is 19.1 Å². The molecule has 6 heteroatoms. The predicted molar refractivity (Wildman–Crippen MR) is 130 cm³/mol. The third-order valence-electron chi connectivity index (χ3n) is 5.23. The number of rotatable bonds is 11. The number of hydrogen-bond donors (Lipinski definition) is 1. The molecule has 0 amide bonds. The molecule has 3 rings (SSSR count). The van der Waals surface area contributed by atoms with Gasteiger partial charge in [-0.1, -0.05) is 55.8 Å². The van der Waals surface area contributed by atoms with E-state index in [1.807, 2.05) is 75.4 Å². The Hall–Kier alpha value is -3.18. The topological polar surface area (TPSA) is 65.0 Å². The van der Waals surface area contributed by atoms with Crippen molar-refractivity contribution in [1.29, 1.82) is 0 Å². The number of benzene rings is 3. The molecule has 0 aliphatic carbocycles.